The fraction of sp³-hybridized carbons (Fsp3) is 0.391. The highest BCUT2D eigenvalue weighted by atomic mass is 16.5. The minimum absolute atomic E-state index is 0.355. The van der Waals surface area contributed by atoms with E-state index < -0.39 is 11.8 Å². The molecular formula is C23H28N2O4. The highest BCUT2D eigenvalue weighted by molar-refractivity contribution is 6.35. The fourth-order valence-corrected chi connectivity index (χ4v) is 3.93. The highest BCUT2D eigenvalue weighted by Gasteiger charge is 2.37. The number of rotatable bonds is 5. The van der Waals surface area contributed by atoms with E-state index in [1.54, 1.807) is 24.0 Å². The minimum Gasteiger partial charge on any atom is -0.493 e. The van der Waals surface area contributed by atoms with Crippen molar-refractivity contribution in [2.75, 3.05) is 33.9 Å². The van der Waals surface area contributed by atoms with Crippen LogP contribution in [0, 0.1) is 0 Å². The molecular weight excluding hydrogens is 368 g/mol. The number of benzene rings is 2. The highest BCUT2D eigenvalue weighted by Crippen LogP contribution is 2.41. The van der Waals surface area contributed by atoms with Gasteiger partial charge in [0.1, 0.15) is 0 Å². The number of hydrogen-bond donors (Lipinski definition) is 0. The predicted octanol–water partition coefficient (Wildman–Crippen LogP) is 3.05. The number of ether oxygens (including phenoxy) is 2. The van der Waals surface area contributed by atoms with Crippen LogP contribution < -0.4 is 9.47 Å². The van der Waals surface area contributed by atoms with Crippen LogP contribution in [0.4, 0.5) is 0 Å². The summed E-state index contributed by atoms with van der Waals surface area (Å²) in [5.41, 5.74) is 3.01. The molecule has 0 bridgehead atoms. The maximum atomic E-state index is 13.2. The fourth-order valence-electron chi connectivity index (χ4n) is 3.93. The van der Waals surface area contributed by atoms with Gasteiger partial charge in [0, 0.05) is 19.6 Å². The lowest BCUT2D eigenvalue weighted by Gasteiger charge is -2.38. The minimum atomic E-state index is -0.469. The van der Waals surface area contributed by atoms with Crippen molar-refractivity contribution in [3.05, 3.63) is 59.2 Å². The Morgan fingerprint density at radius 1 is 1.03 bits per heavy atom. The molecule has 0 saturated heterocycles. The van der Waals surface area contributed by atoms with E-state index in [1.807, 2.05) is 56.3 Å². The van der Waals surface area contributed by atoms with E-state index in [0.29, 0.717) is 37.6 Å². The summed E-state index contributed by atoms with van der Waals surface area (Å²) in [6.45, 7) is 5.24. The van der Waals surface area contributed by atoms with E-state index >= 15 is 0 Å². The third-order valence-corrected chi connectivity index (χ3v) is 5.48. The summed E-state index contributed by atoms with van der Waals surface area (Å²) < 4.78 is 10.9. The van der Waals surface area contributed by atoms with Gasteiger partial charge in [-0.15, -0.1) is 0 Å². The first-order valence-electron chi connectivity index (χ1n) is 9.95. The van der Waals surface area contributed by atoms with Gasteiger partial charge in [0.15, 0.2) is 11.5 Å². The molecule has 6 heteroatoms. The maximum Gasteiger partial charge on any atom is 0.312 e. The average Bonchev–Trinajstić information content (AvgIpc) is 2.77. The number of amides is 2. The van der Waals surface area contributed by atoms with Crippen molar-refractivity contribution in [3.63, 3.8) is 0 Å². The van der Waals surface area contributed by atoms with E-state index in [9.17, 15) is 9.59 Å². The first kappa shape index (κ1) is 20.7. The van der Waals surface area contributed by atoms with Gasteiger partial charge in [-0.3, -0.25) is 9.59 Å². The first-order chi connectivity index (χ1) is 14.0. The molecule has 0 fully saturated rings. The second-order valence-electron chi connectivity index (χ2n) is 6.95. The molecule has 1 aliphatic heterocycles. The van der Waals surface area contributed by atoms with Crippen LogP contribution in [0.2, 0.25) is 0 Å². The zero-order valence-electron chi connectivity index (χ0n) is 17.5. The molecule has 154 valence electrons. The number of methoxy groups -OCH3 is 2. The smallest absolute Gasteiger partial charge is 0.312 e. The Morgan fingerprint density at radius 3 is 2.24 bits per heavy atom. The molecule has 1 heterocycles. The second kappa shape index (κ2) is 8.99. The summed E-state index contributed by atoms with van der Waals surface area (Å²) in [7, 11) is 3.21. The van der Waals surface area contributed by atoms with Gasteiger partial charge < -0.3 is 19.3 Å². The number of hydrogen-bond acceptors (Lipinski definition) is 4. The third-order valence-electron chi connectivity index (χ3n) is 5.48. The largest absolute Gasteiger partial charge is 0.493 e. The van der Waals surface area contributed by atoms with Crippen LogP contribution in [0.1, 0.15) is 36.6 Å². The van der Waals surface area contributed by atoms with Gasteiger partial charge in [0.05, 0.1) is 20.3 Å². The summed E-state index contributed by atoms with van der Waals surface area (Å²) >= 11 is 0. The van der Waals surface area contributed by atoms with Gasteiger partial charge in [-0.25, -0.2) is 0 Å². The van der Waals surface area contributed by atoms with Gasteiger partial charge >= 0.3 is 11.8 Å². The molecule has 0 N–H and O–H groups in total. The molecule has 2 amide bonds. The number of nitrogens with zero attached hydrogens (tertiary/aromatic N) is 2. The van der Waals surface area contributed by atoms with Crippen LogP contribution in [0.25, 0.3) is 0 Å². The van der Waals surface area contributed by atoms with Crippen molar-refractivity contribution in [1.29, 1.82) is 0 Å². The SMILES string of the molecule is CCN(CC)C(=O)C(=O)N1CCc2cc(OC)c(OC)cc2C1c1ccccc1. The zero-order chi connectivity index (χ0) is 21.0. The molecule has 0 saturated carbocycles. The quantitative estimate of drug-likeness (QED) is 0.729. The van der Waals surface area contributed by atoms with E-state index in [1.165, 1.54) is 0 Å². The van der Waals surface area contributed by atoms with Gasteiger partial charge in [-0.05, 0) is 49.1 Å². The summed E-state index contributed by atoms with van der Waals surface area (Å²) in [5, 5.41) is 0. The lowest BCUT2D eigenvalue weighted by atomic mass is 9.87. The lowest BCUT2D eigenvalue weighted by molar-refractivity contribution is -0.152. The molecule has 2 aromatic rings. The van der Waals surface area contributed by atoms with Crippen molar-refractivity contribution >= 4 is 11.8 Å². The van der Waals surface area contributed by atoms with Crippen molar-refractivity contribution in [2.45, 2.75) is 26.3 Å². The molecule has 0 aliphatic carbocycles. The molecule has 2 aromatic carbocycles. The summed E-state index contributed by atoms with van der Waals surface area (Å²) in [4.78, 5) is 29.3. The van der Waals surface area contributed by atoms with E-state index in [0.717, 1.165) is 16.7 Å². The number of fused-ring (bicyclic) bond motifs is 1. The molecule has 0 spiro atoms. The average molecular weight is 396 g/mol. The predicted molar refractivity (Wildman–Crippen MR) is 111 cm³/mol. The molecule has 6 nitrogen and oxygen atoms in total. The topological polar surface area (TPSA) is 59.1 Å². The van der Waals surface area contributed by atoms with E-state index in [-0.39, 0.29) is 6.04 Å². The molecule has 1 atom stereocenters. The lowest BCUT2D eigenvalue weighted by Crippen LogP contribution is -2.49. The van der Waals surface area contributed by atoms with Gasteiger partial charge in [-0.1, -0.05) is 30.3 Å². The van der Waals surface area contributed by atoms with Crippen molar-refractivity contribution in [2.24, 2.45) is 0 Å². The van der Waals surface area contributed by atoms with Gasteiger partial charge in [0.25, 0.3) is 0 Å². The summed E-state index contributed by atoms with van der Waals surface area (Å²) in [6, 6.07) is 13.3. The van der Waals surface area contributed by atoms with Crippen LogP contribution >= 0.6 is 0 Å². The van der Waals surface area contributed by atoms with Crippen molar-refractivity contribution in [1.82, 2.24) is 9.80 Å². The van der Waals surface area contributed by atoms with Crippen LogP contribution in [-0.4, -0.2) is 55.5 Å². The Morgan fingerprint density at radius 2 is 1.66 bits per heavy atom. The van der Waals surface area contributed by atoms with E-state index in [4.69, 9.17) is 9.47 Å². The second-order valence-corrected chi connectivity index (χ2v) is 6.95. The van der Waals surface area contributed by atoms with E-state index in [2.05, 4.69) is 0 Å². The number of carbonyl (C=O) groups is 2. The van der Waals surface area contributed by atoms with Crippen LogP contribution in [-0.2, 0) is 16.0 Å². The Bertz CT molecular complexity index is 878. The molecule has 3 rings (SSSR count). The van der Waals surface area contributed by atoms with Crippen LogP contribution in [0.3, 0.4) is 0 Å². The maximum absolute atomic E-state index is 13.2. The summed E-state index contributed by atoms with van der Waals surface area (Å²) in [5.74, 6) is 0.344. The molecule has 29 heavy (non-hydrogen) atoms. The number of carbonyl (C=O) groups excluding carboxylic acids is 2. The summed E-state index contributed by atoms with van der Waals surface area (Å²) in [6.07, 6.45) is 0.649. The third kappa shape index (κ3) is 3.92. The van der Waals surface area contributed by atoms with Crippen molar-refractivity contribution in [3.8, 4) is 11.5 Å². The van der Waals surface area contributed by atoms with Crippen LogP contribution in [0.15, 0.2) is 42.5 Å². The Labute approximate surface area is 172 Å². The molecule has 1 aliphatic rings. The molecule has 0 radical (unpaired) electrons. The van der Waals surface area contributed by atoms with Gasteiger partial charge in [-0.2, -0.15) is 0 Å². The number of likely N-dealkylation sites (N-methyl/N-ethyl adjacent to an activating group) is 1. The first-order valence-corrected chi connectivity index (χ1v) is 9.95. The molecule has 0 aromatic heterocycles. The van der Waals surface area contributed by atoms with Crippen LogP contribution in [0.5, 0.6) is 11.5 Å². The monoisotopic (exact) mass is 396 g/mol. The Hall–Kier alpha value is -3.02. The molecule has 1 unspecified atom stereocenters. The zero-order valence-corrected chi connectivity index (χ0v) is 17.5. The normalized spacial score (nSPS) is 15.4. The Kier molecular flexibility index (Phi) is 6.42. The van der Waals surface area contributed by atoms with Gasteiger partial charge in [0.2, 0.25) is 0 Å². The Balaban J connectivity index is 2.10. The standard InChI is InChI=1S/C23H28N2O4/c1-5-24(6-2)22(26)23(27)25-13-12-17-14-19(28-3)20(29-4)15-18(17)21(25)16-10-8-7-9-11-16/h7-11,14-15,21H,5-6,12-13H2,1-4H3. The van der Waals surface area contributed by atoms with Crippen molar-refractivity contribution < 1.29 is 19.1 Å².